The van der Waals surface area contributed by atoms with Crippen LogP contribution in [0.25, 0.3) is 34.5 Å². The zero-order chi connectivity index (χ0) is 17.8. The molecular weight excluding hydrogens is 320 g/mol. The number of nitrogens with one attached hydrogen (secondary N) is 1. The lowest BCUT2D eigenvalue weighted by Gasteiger charge is -2.03. The van der Waals surface area contributed by atoms with Crippen molar-refractivity contribution in [2.45, 2.75) is 0 Å². The molecule has 3 heteroatoms. The van der Waals surface area contributed by atoms with Crippen molar-refractivity contribution < 1.29 is 5.11 Å². The molecule has 1 heterocycles. The second kappa shape index (κ2) is 7.11. The summed E-state index contributed by atoms with van der Waals surface area (Å²) in [6.07, 6.45) is 3.92. The average Bonchev–Trinajstić information content (AvgIpc) is 3.18. The third kappa shape index (κ3) is 3.57. The van der Waals surface area contributed by atoms with Gasteiger partial charge in [-0.05, 0) is 47.0 Å². The van der Waals surface area contributed by atoms with Gasteiger partial charge in [-0.15, -0.1) is 0 Å². The van der Waals surface area contributed by atoms with Crippen molar-refractivity contribution in [3.8, 4) is 28.1 Å². The zero-order valence-corrected chi connectivity index (χ0v) is 14.1. The van der Waals surface area contributed by atoms with Gasteiger partial charge in [0.1, 0.15) is 5.75 Å². The van der Waals surface area contributed by atoms with Gasteiger partial charge in [-0.2, -0.15) is 5.10 Å². The molecule has 0 aliphatic carbocycles. The molecule has 0 radical (unpaired) electrons. The van der Waals surface area contributed by atoms with Crippen molar-refractivity contribution in [3.63, 3.8) is 0 Å². The lowest BCUT2D eigenvalue weighted by Crippen LogP contribution is -1.81. The maximum absolute atomic E-state index is 9.33. The Kier molecular flexibility index (Phi) is 4.35. The maximum atomic E-state index is 9.33. The Balaban J connectivity index is 1.57. The summed E-state index contributed by atoms with van der Waals surface area (Å²) in [4.78, 5) is 0. The molecule has 0 unspecified atom stereocenters. The van der Waals surface area contributed by atoms with Crippen molar-refractivity contribution in [2.24, 2.45) is 0 Å². The molecule has 0 saturated carbocycles. The fraction of sp³-hybridized carbons (Fsp3) is 0. The van der Waals surface area contributed by atoms with Gasteiger partial charge in [0.05, 0.1) is 11.4 Å². The van der Waals surface area contributed by atoms with Crippen molar-refractivity contribution in [1.82, 2.24) is 10.2 Å². The summed E-state index contributed by atoms with van der Waals surface area (Å²) >= 11 is 0. The highest BCUT2D eigenvalue weighted by Gasteiger charge is 2.04. The van der Waals surface area contributed by atoms with Crippen LogP contribution in [0.3, 0.4) is 0 Å². The van der Waals surface area contributed by atoms with Gasteiger partial charge in [-0.25, -0.2) is 0 Å². The van der Waals surface area contributed by atoms with E-state index in [0.29, 0.717) is 0 Å². The Hall–Kier alpha value is -3.59. The molecule has 4 rings (SSSR count). The Morgan fingerprint density at radius 1 is 0.692 bits per heavy atom. The van der Waals surface area contributed by atoms with Crippen molar-refractivity contribution >= 4 is 12.2 Å². The first-order chi connectivity index (χ1) is 12.8. The van der Waals surface area contributed by atoms with E-state index in [0.717, 1.165) is 22.5 Å². The topological polar surface area (TPSA) is 48.9 Å². The largest absolute Gasteiger partial charge is 0.508 e. The third-order valence-corrected chi connectivity index (χ3v) is 4.22. The standard InChI is InChI=1S/C23H18N2O/c26-22-13-10-17(11-14-22)9-12-21-16-23(25-24-21)20-8-4-7-19(15-20)18-5-2-1-3-6-18/h1-16,26H,(H,24,25)/b12-9+. The Morgan fingerprint density at radius 3 is 2.23 bits per heavy atom. The van der Waals surface area contributed by atoms with E-state index in [9.17, 15) is 5.11 Å². The van der Waals surface area contributed by atoms with Gasteiger partial charge >= 0.3 is 0 Å². The lowest BCUT2D eigenvalue weighted by molar-refractivity contribution is 0.475. The van der Waals surface area contributed by atoms with E-state index < -0.39 is 0 Å². The second-order valence-electron chi connectivity index (χ2n) is 6.08. The van der Waals surface area contributed by atoms with E-state index in [2.05, 4.69) is 46.6 Å². The second-order valence-corrected chi connectivity index (χ2v) is 6.08. The van der Waals surface area contributed by atoms with E-state index in [1.165, 1.54) is 11.1 Å². The lowest BCUT2D eigenvalue weighted by atomic mass is 10.0. The Labute approximate surface area is 152 Å². The highest BCUT2D eigenvalue weighted by atomic mass is 16.3. The summed E-state index contributed by atoms with van der Waals surface area (Å²) < 4.78 is 0. The SMILES string of the molecule is Oc1ccc(/C=C/c2cc(-c3cccc(-c4ccccc4)c3)[nH]n2)cc1. The van der Waals surface area contributed by atoms with Crippen LogP contribution in [-0.4, -0.2) is 15.3 Å². The van der Waals surface area contributed by atoms with Crippen LogP contribution in [0.4, 0.5) is 0 Å². The molecule has 4 aromatic rings. The van der Waals surface area contributed by atoms with Gasteiger partial charge in [-0.3, -0.25) is 5.10 Å². The summed E-state index contributed by atoms with van der Waals surface area (Å²) in [6, 6.07) is 27.8. The first-order valence-corrected chi connectivity index (χ1v) is 8.46. The molecule has 3 nitrogen and oxygen atoms in total. The highest BCUT2D eigenvalue weighted by Crippen LogP contribution is 2.25. The van der Waals surface area contributed by atoms with Crippen LogP contribution >= 0.6 is 0 Å². The minimum atomic E-state index is 0.266. The molecule has 0 aliphatic rings. The third-order valence-electron chi connectivity index (χ3n) is 4.22. The number of phenols is 1. The fourth-order valence-electron chi connectivity index (χ4n) is 2.83. The summed E-state index contributed by atoms with van der Waals surface area (Å²) in [5, 5.41) is 16.8. The van der Waals surface area contributed by atoms with E-state index in [4.69, 9.17) is 0 Å². The molecule has 0 amide bonds. The molecule has 0 fully saturated rings. The minimum absolute atomic E-state index is 0.266. The molecule has 0 aliphatic heterocycles. The summed E-state index contributed by atoms with van der Waals surface area (Å²) in [6.45, 7) is 0. The number of hydrogen-bond acceptors (Lipinski definition) is 2. The van der Waals surface area contributed by atoms with E-state index >= 15 is 0 Å². The number of H-pyrrole nitrogens is 1. The Bertz CT molecular complexity index is 1030. The van der Waals surface area contributed by atoms with Crippen LogP contribution < -0.4 is 0 Å². The normalized spacial score (nSPS) is 11.1. The number of rotatable bonds is 4. The van der Waals surface area contributed by atoms with Crippen molar-refractivity contribution in [1.29, 1.82) is 0 Å². The minimum Gasteiger partial charge on any atom is -0.508 e. The van der Waals surface area contributed by atoms with Crippen molar-refractivity contribution in [2.75, 3.05) is 0 Å². The molecule has 0 saturated heterocycles. The monoisotopic (exact) mass is 338 g/mol. The van der Waals surface area contributed by atoms with Gasteiger partial charge in [0, 0.05) is 5.56 Å². The van der Waals surface area contributed by atoms with Gasteiger partial charge in [0.15, 0.2) is 0 Å². The van der Waals surface area contributed by atoms with E-state index in [-0.39, 0.29) is 5.75 Å². The van der Waals surface area contributed by atoms with Gasteiger partial charge in [0.25, 0.3) is 0 Å². The summed E-state index contributed by atoms with van der Waals surface area (Å²) in [7, 11) is 0. The van der Waals surface area contributed by atoms with Gasteiger partial charge < -0.3 is 5.11 Å². The van der Waals surface area contributed by atoms with Crippen LogP contribution in [0.15, 0.2) is 84.9 Å². The van der Waals surface area contributed by atoms with Crippen LogP contribution in [0.5, 0.6) is 5.75 Å². The number of hydrogen-bond donors (Lipinski definition) is 2. The van der Waals surface area contributed by atoms with Crippen LogP contribution in [-0.2, 0) is 0 Å². The molecule has 0 bridgehead atoms. The van der Waals surface area contributed by atoms with Gasteiger partial charge in [0.2, 0.25) is 0 Å². The smallest absolute Gasteiger partial charge is 0.115 e. The summed E-state index contributed by atoms with van der Waals surface area (Å²) in [5.41, 5.74) is 6.33. The van der Waals surface area contributed by atoms with E-state index in [1.54, 1.807) is 12.1 Å². The molecule has 2 N–H and O–H groups in total. The first kappa shape index (κ1) is 15.9. The summed E-state index contributed by atoms with van der Waals surface area (Å²) in [5.74, 6) is 0.266. The maximum Gasteiger partial charge on any atom is 0.115 e. The van der Waals surface area contributed by atoms with Crippen LogP contribution in [0.2, 0.25) is 0 Å². The number of aromatic amines is 1. The molecule has 26 heavy (non-hydrogen) atoms. The molecule has 3 aromatic carbocycles. The molecular formula is C23H18N2O. The molecule has 0 atom stereocenters. The van der Waals surface area contributed by atoms with Crippen LogP contribution in [0.1, 0.15) is 11.3 Å². The average molecular weight is 338 g/mol. The number of benzene rings is 3. The van der Waals surface area contributed by atoms with E-state index in [1.807, 2.05) is 48.6 Å². The Morgan fingerprint density at radius 2 is 1.42 bits per heavy atom. The first-order valence-electron chi connectivity index (χ1n) is 8.46. The van der Waals surface area contributed by atoms with Crippen LogP contribution in [0, 0.1) is 0 Å². The predicted octanol–water partition coefficient (Wildman–Crippen LogP) is 5.62. The number of aromatic hydroxyl groups is 1. The molecule has 1 aromatic heterocycles. The zero-order valence-electron chi connectivity index (χ0n) is 14.1. The number of aromatic nitrogens is 2. The molecule has 0 spiro atoms. The number of nitrogens with zero attached hydrogens (tertiary/aromatic N) is 1. The predicted molar refractivity (Wildman–Crippen MR) is 106 cm³/mol. The van der Waals surface area contributed by atoms with Gasteiger partial charge in [-0.1, -0.05) is 66.7 Å². The highest BCUT2D eigenvalue weighted by molar-refractivity contribution is 5.74. The molecule has 126 valence electrons. The quantitative estimate of drug-likeness (QED) is 0.507. The fourth-order valence-corrected chi connectivity index (χ4v) is 2.83. The van der Waals surface area contributed by atoms with Crippen molar-refractivity contribution in [3.05, 3.63) is 96.2 Å². The number of phenolic OH excluding ortho intramolecular Hbond substituents is 1.